The molecule has 8 heteroatoms. The topological polar surface area (TPSA) is 92.7 Å². The van der Waals surface area contributed by atoms with Crippen LogP contribution in [0.15, 0.2) is 12.1 Å². The van der Waals surface area contributed by atoms with E-state index < -0.39 is 6.10 Å². The lowest BCUT2D eigenvalue weighted by molar-refractivity contribution is -0.138. The maximum atomic E-state index is 13.0. The molecule has 2 aromatic carbocycles. The van der Waals surface area contributed by atoms with Crippen LogP contribution in [0.1, 0.15) is 51.3 Å². The van der Waals surface area contributed by atoms with E-state index in [9.17, 15) is 9.90 Å². The van der Waals surface area contributed by atoms with Gasteiger partial charge in [-0.15, -0.1) is 0 Å². The third-order valence-corrected chi connectivity index (χ3v) is 7.29. The number of carbonyl (C=O) groups excluding carboxylic acids is 1. The summed E-state index contributed by atoms with van der Waals surface area (Å²) in [5.74, 6) is 1.66. The predicted molar refractivity (Wildman–Crippen MR) is 130 cm³/mol. The van der Waals surface area contributed by atoms with Gasteiger partial charge in [-0.3, -0.25) is 4.79 Å². The molecule has 1 heterocycles. The molecule has 190 valence electrons. The van der Waals surface area contributed by atoms with Gasteiger partial charge in [-0.05, 0) is 47.9 Å². The number of ether oxygens (including phenoxy) is 6. The number of hydrogen-bond acceptors (Lipinski definition) is 8. The van der Waals surface area contributed by atoms with Crippen LogP contribution in [0.5, 0.6) is 34.5 Å². The van der Waals surface area contributed by atoms with Crippen molar-refractivity contribution in [2.24, 2.45) is 17.8 Å². The number of methoxy groups -OCH3 is 3. The largest absolute Gasteiger partial charge is 0.493 e. The maximum Gasteiger partial charge on any atom is 0.314 e. The normalized spacial score (nSPS) is 21.2. The van der Waals surface area contributed by atoms with Crippen LogP contribution in [-0.2, 0) is 11.2 Å². The first-order valence-electron chi connectivity index (χ1n) is 12.0. The highest BCUT2D eigenvalue weighted by atomic mass is 16.7. The monoisotopic (exact) mass is 486 g/mol. The van der Waals surface area contributed by atoms with Crippen LogP contribution in [-0.4, -0.2) is 39.2 Å². The SMILES string of the molecule is CC[C@@H](C)C(=O)Oc1c(OC)c(OC)cc2c1-c1c(cc3c(c1OC)OCO3)[C@H](O)[C@H](C)[C@H](C)C2. The molecule has 4 atom stereocenters. The van der Waals surface area contributed by atoms with Crippen LogP contribution < -0.4 is 28.4 Å². The van der Waals surface area contributed by atoms with E-state index in [2.05, 4.69) is 6.92 Å². The minimum Gasteiger partial charge on any atom is -0.493 e. The van der Waals surface area contributed by atoms with Crippen molar-refractivity contribution >= 4 is 5.97 Å². The van der Waals surface area contributed by atoms with Gasteiger partial charge >= 0.3 is 5.97 Å². The van der Waals surface area contributed by atoms with Crippen molar-refractivity contribution in [2.45, 2.75) is 46.6 Å². The Hall–Kier alpha value is -3.13. The highest BCUT2D eigenvalue weighted by Crippen LogP contribution is 2.58. The first kappa shape index (κ1) is 25.0. The van der Waals surface area contributed by atoms with Crippen LogP contribution in [0.3, 0.4) is 0 Å². The molecule has 0 fully saturated rings. The van der Waals surface area contributed by atoms with Crippen LogP contribution in [0.4, 0.5) is 0 Å². The van der Waals surface area contributed by atoms with Crippen molar-refractivity contribution < 1.29 is 38.3 Å². The Bertz CT molecular complexity index is 1130. The van der Waals surface area contributed by atoms with E-state index in [1.165, 1.54) is 7.11 Å². The number of fused-ring (bicyclic) bond motifs is 4. The van der Waals surface area contributed by atoms with Gasteiger partial charge in [0.05, 0.1) is 33.4 Å². The van der Waals surface area contributed by atoms with Gasteiger partial charge in [-0.2, -0.15) is 0 Å². The molecule has 0 spiro atoms. The molecular formula is C27H34O8. The first-order chi connectivity index (χ1) is 16.8. The molecule has 0 unspecified atom stereocenters. The average molecular weight is 487 g/mol. The highest BCUT2D eigenvalue weighted by molar-refractivity contribution is 5.91. The van der Waals surface area contributed by atoms with Crippen molar-refractivity contribution in [3.05, 3.63) is 23.3 Å². The molecule has 0 saturated heterocycles. The van der Waals surface area contributed by atoms with E-state index in [0.717, 1.165) is 5.56 Å². The minimum atomic E-state index is -0.817. The summed E-state index contributed by atoms with van der Waals surface area (Å²) >= 11 is 0. The Morgan fingerprint density at radius 3 is 2.40 bits per heavy atom. The predicted octanol–water partition coefficient (Wildman–Crippen LogP) is 4.92. The standard InChI is InChI=1S/C27H34O8/c1-8-13(2)27(29)35-26-20-16(10-18(30-5)23(26)31-6)9-14(3)15(4)22(28)17-11-19-24(34-12-33-19)25(32-7)21(17)20/h10-11,13-15,22,28H,8-9,12H2,1-7H3/t13-,14-,15-,22-/m1/s1. The Kier molecular flexibility index (Phi) is 7.03. The molecule has 1 N–H and O–H groups in total. The molecule has 0 amide bonds. The van der Waals surface area contributed by atoms with Crippen LogP contribution in [0, 0.1) is 17.8 Å². The summed E-state index contributed by atoms with van der Waals surface area (Å²) in [6.07, 6.45) is 0.417. The fourth-order valence-electron chi connectivity index (χ4n) is 4.76. The fourth-order valence-corrected chi connectivity index (χ4v) is 4.76. The molecule has 0 aromatic heterocycles. The number of rotatable bonds is 6. The number of benzene rings is 2. The molecule has 35 heavy (non-hydrogen) atoms. The van der Waals surface area contributed by atoms with Crippen molar-refractivity contribution in [1.29, 1.82) is 0 Å². The number of carbonyl (C=O) groups is 1. The van der Waals surface area contributed by atoms with Gasteiger partial charge in [0.2, 0.25) is 18.3 Å². The molecular weight excluding hydrogens is 452 g/mol. The molecule has 2 aliphatic rings. The lowest BCUT2D eigenvalue weighted by Crippen LogP contribution is -2.23. The van der Waals surface area contributed by atoms with Crippen molar-refractivity contribution in [3.8, 4) is 45.6 Å². The Labute approximate surface area is 206 Å². The smallest absolute Gasteiger partial charge is 0.314 e. The zero-order valence-electron chi connectivity index (χ0n) is 21.4. The second-order valence-corrected chi connectivity index (χ2v) is 9.30. The molecule has 0 bridgehead atoms. The number of esters is 1. The van der Waals surface area contributed by atoms with E-state index in [1.807, 2.05) is 26.8 Å². The Balaban J connectivity index is 2.13. The maximum absolute atomic E-state index is 13.0. The van der Waals surface area contributed by atoms with E-state index >= 15 is 0 Å². The molecule has 1 aliphatic heterocycles. The molecule has 4 rings (SSSR count). The minimum absolute atomic E-state index is 0.0469. The van der Waals surface area contributed by atoms with Crippen LogP contribution >= 0.6 is 0 Å². The third kappa shape index (κ3) is 4.14. The van der Waals surface area contributed by atoms with Crippen molar-refractivity contribution in [3.63, 3.8) is 0 Å². The fraction of sp³-hybridized carbons (Fsp3) is 0.519. The lowest BCUT2D eigenvalue weighted by atomic mass is 9.76. The zero-order chi connectivity index (χ0) is 25.4. The van der Waals surface area contributed by atoms with Crippen molar-refractivity contribution in [1.82, 2.24) is 0 Å². The summed E-state index contributed by atoms with van der Waals surface area (Å²) in [5, 5.41) is 11.5. The second kappa shape index (κ2) is 9.85. The third-order valence-electron chi connectivity index (χ3n) is 7.29. The summed E-state index contributed by atoms with van der Waals surface area (Å²) in [7, 11) is 4.60. The molecule has 2 aromatic rings. The van der Waals surface area contributed by atoms with Gasteiger partial charge in [-0.1, -0.05) is 27.7 Å². The molecule has 8 nitrogen and oxygen atoms in total. The number of hydrogen-bond donors (Lipinski definition) is 1. The lowest BCUT2D eigenvalue weighted by Gasteiger charge is -2.33. The number of aliphatic hydroxyl groups is 1. The van der Waals surface area contributed by atoms with E-state index in [1.54, 1.807) is 20.3 Å². The summed E-state index contributed by atoms with van der Waals surface area (Å²) in [6, 6.07) is 3.70. The van der Waals surface area contributed by atoms with Gasteiger partial charge in [0.25, 0.3) is 0 Å². The summed E-state index contributed by atoms with van der Waals surface area (Å²) in [5.41, 5.74) is 2.70. The van der Waals surface area contributed by atoms with Gasteiger partial charge in [0, 0.05) is 11.1 Å². The van der Waals surface area contributed by atoms with E-state index in [-0.39, 0.29) is 36.3 Å². The number of aliphatic hydroxyl groups excluding tert-OH is 1. The first-order valence-corrected chi connectivity index (χ1v) is 12.0. The van der Waals surface area contributed by atoms with Gasteiger partial charge in [-0.25, -0.2) is 0 Å². The van der Waals surface area contributed by atoms with Gasteiger partial charge in [0.15, 0.2) is 23.0 Å². The Morgan fingerprint density at radius 1 is 1.06 bits per heavy atom. The summed E-state index contributed by atoms with van der Waals surface area (Å²) < 4.78 is 34.7. The summed E-state index contributed by atoms with van der Waals surface area (Å²) in [4.78, 5) is 13.0. The molecule has 1 aliphatic carbocycles. The average Bonchev–Trinajstić information content (AvgIpc) is 3.33. The Morgan fingerprint density at radius 2 is 1.77 bits per heavy atom. The zero-order valence-corrected chi connectivity index (χ0v) is 21.4. The second-order valence-electron chi connectivity index (χ2n) is 9.30. The van der Waals surface area contributed by atoms with E-state index in [4.69, 9.17) is 28.4 Å². The summed E-state index contributed by atoms with van der Waals surface area (Å²) in [6.45, 7) is 7.90. The highest BCUT2D eigenvalue weighted by Gasteiger charge is 2.38. The van der Waals surface area contributed by atoms with Gasteiger partial charge in [0.1, 0.15) is 0 Å². The van der Waals surface area contributed by atoms with Crippen LogP contribution in [0.2, 0.25) is 0 Å². The molecule has 0 saturated carbocycles. The van der Waals surface area contributed by atoms with Gasteiger partial charge < -0.3 is 33.5 Å². The van der Waals surface area contributed by atoms with Crippen molar-refractivity contribution in [2.75, 3.05) is 28.1 Å². The molecule has 0 radical (unpaired) electrons. The van der Waals surface area contributed by atoms with Crippen LogP contribution in [0.25, 0.3) is 11.1 Å². The van der Waals surface area contributed by atoms with E-state index in [0.29, 0.717) is 58.3 Å². The quantitative estimate of drug-likeness (QED) is 0.454.